The smallest absolute Gasteiger partial charge is 0.377 e. The van der Waals surface area contributed by atoms with Crippen LogP contribution in [0.4, 0.5) is 0 Å². The van der Waals surface area contributed by atoms with Crippen LogP contribution in [0.25, 0.3) is 0 Å². The largest absolute Gasteiger partial charge is 0.397 e. The first kappa shape index (κ1) is 19.4. The Morgan fingerprint density at radius 2 is 1.96 bits per heavy atom. The molecule has 0 spiro atoms. The predicted octanol–water partition coefficient (Wildman–Crippen LogP) is 3.50. The van der Waals surface area contributed by atoms with Crippen LogP contribution in [-0.2, 0) is 14.6 Å². The van der Waals surface area contributed by atoms with Crippen LogP contribution in [0.1, 0.15) is 65.2 Å². The second-order valence-electron chi connectivity index (χ2n) is 9.49. The van der Waals surface area contributed by atoms with Gasteiger partial charge in [-0.15, -0.1) is 6.42 Å². The number of allylic oxidation sites excluding steroid dienone is 1. The zero-order valence-electron chi connectivity index (χ0n) is 16.1. The van der Waals surface area contributed by atoms with Crippen molar-refractivity contribution in [1.82, 2.24) is 0 Å². The molecule has 4 aliphatic carbocycles. The molecule has 0 aliphatic heterocycles. The van der Waals surface area contributed by atoms with Gasteiger partial charge in [0, 0.05) is 5.41 Å². The summed E-state index contributed by atoms with van der Waals surface area (Å²) in [7, 11) is -4.40. The molecule has 0 radical (unpaired) electrons. The van der Waals surface area contributed by atoms with E-state index < -0.39 is 22.1 Å². The highest BCUT2D eigenvalue weighted by Crippen LogP contribution is 2.65. The molecule has 150 valence electrons. The number of terminal acetylenes is 1. The quantitative estimate of drug-likeness (QED) is 0.425. The Kier molecular flexibility index (Phi) is 4.55. The molecule has 5 nitrogen and oxygen atoms in total. The van der Waals surface area contributed by atoms with Crippen molar-refractivity contribution >= 4 is 10.4 Å². The van der Waals surface area contributed by atoms with Crippen LogP contribution in [0.5, 0.6) is 0 Å². The van der Waals surface area contributed by atoms with Crippen molar-refractivity contribution in [3.8, 4) is 12.3 Å². The van der Waals surface area contributed by atoms with Crippen LogP contribution in [0.15, 0.2) is 11.1 Å². The molecule has 0 heterocycles. The lowest BCUT2D eigenvalue weighted by Gasteiger charge is -2.55. The second kappa shape index (κ2) is 6.32. The predicted molar refractivity (Wildman–Crippen MR) is 102 cm³/mol. The van der Waals surface area contributed by atoms with Crippen molar-refractivity contribution in [3.05, 3.63) is 11.1 Å². The van der Waals surface area contributed by atoms with Crippen molar-refractivity contribution in [2.45, 2.75) is 76.9 Å². The van der Waals surface area contributed by atoms with E-state index in [1.54, 1.807) is 0 Å². The molecule has 0 amide bonds. The number of aliphatic hydroxyl groups is 1. The summed E-state index contributed by atoms with van der Waals surface area (Å²) in [4.78, 5) is 0. The van der Waals surface area contributed by atoms with E-state index >= 15 is 0 Å². The lowest BCUT2D eigenvalue weighted by Crippen LogP contribution is -2.52. The Labute approximate surface area is 162 Å². The van der Waals surface area contributed by atoms with Gasteiger partial charge in [0.2, 0.25) is 0 Å². The average Bonchev–Trinajstić information content (AvgIpc) is 2.85. The van der Waals surface area contributed by atoms with Crippen LogP contribution in [0.2, 0.25) is 0 Å². The van der Waals surface area contributed by atoms with Gasteiger partial charge in [-0.05, 0) is 75.0 Å². The summed E-state index contributed by atoms with van der Waals surface area (Å²) in [5.74, 6) is 4.67. The van der Waals surface area contributed by atoms with Crippen LogP contribution in [-0.4, -0.2) is 29.8 Å². The van der Waals surface area contributed by atoms with Crippen molar-refractivity contribution < 1.29 is 22.3 Å². The molecule has 6 heteroatoms. The second-order valence-corrected chi connectivity index (χ2v) is 10.5. The van der Waals surface area contributed by atoms with E-state index in [4.69, 9.17) is 15.2 Å². The maximum Gasteiger partial charge on any atom is 0.397 e. The van der Waals surface area contributed by atoms with E-state index in [0.717, 1.165) is 32.1 Å². The lowest BCUT2D eigenvalue weighted by atomic mass is 9.50. The lowest BCUT2D eigenvalue weighted by molar-refractivity contribution is -0.0811. The zero-order valence-corrected chi connectivity index (χ0v) is 17.0. The third-order valence-corrected chi connectivity index (χ3v) is 8.83. The standard InChI is InChI=1S/C21H30O5S/c1-4-21(22)10-8-18-19-13(2)11-14-12-15(26-27(23,24)25)5-6-16(14)17(19)7-9-20(18,21)3/h1,13,15,17-19,22H,5-12H2,2-3H3,(H,23,24,25)/t13-,15-,17-,18+,19-,20+,21+/m1/s1. The molecule has 0 aromatic rings. The van der Waals surface area contributed by atoms with Gasteiger partial charge >= 0.3 is 10.4 Å². The van der Waals surface area contributed by atoms with E-state index in [-0.39, 0.29) is 5.41 Å². The number of fused-ring (bicyclic) bond motifs is 4. The van der Waals surface area contributed by atoms with Gasteiger partial charge in [0.15, 0.2) is 0 Å². The van der Waals surface area contributed by atoms with E-state index in [9.17, 15) is 13.5 Å². The fourth-order valence-electron chi connectivity index (χ4n) is 7.09. The highest BCUT2D eigenvalue weighted by atomic mass is 32.3. The Bertz CT molecular complexity index is 809. The van der Waals surface area contributed by atoms with E-state index in [2.05, 4.69) is 19.8 Å². The molecular formula is C21H30O5S. The monoisotopic (exact) mass is 394 g/mol. The SMILES string of the molecule is C#C[C@]1(O)CC[C@H]2[C@@H]3[C@H](C)CC4=C(CC[C@@H](OS(=O)(=O)O)C4)[C@H]3CC[C@@]21C. The summed E-state index contributed by atoms with van der Waals surface area (Å²) >= 11 is 0. The van der Waals surface area contributed by atoms with Crippen LogP contribution >= 0.6 is 0 Å². The van der Waals surface area contributed by atoms with Gasteiger partial charge in [0.05, 0.1) is 6.10 Å². The minimum atomic E-state index is -4.40. The third-order valence-electron chi connectivity index (χ3n) is 8.32. The van der Waals surface area contributed by atoms with Gasteiger partial charge in [0.1, 0.15) is 5.60 Å². The molecule has 2 N–H and O–H groups in total. The van der Waals surface area contributed by atoms with Crippen LogP contribution in [0.3, 0.4) is 0 Å². The van der Waals surface area contributed by atoms with Crippen LogP contribution < -0.4 is 0 Å². The van der Waals surface area contributed by atoms with Gasteiger partial charge in [-0.2, -0.15) is 8.42 Å². The molecule has 4 rings (SSSR count). The molecule has 0 aromatic heterocycles. The maximum absolute atomic E-state index is 11.1. The third kappa shape index (κ3) is 2.98. The highest BCUT2D eigenvalue weighted by molar-refractivity contribution is 7.80. The maximum atomic E-state index is 11.1. The Hall–Kier alpha value is -0.870. The van der Waals surface area contributed by atoms with Gasteiger partial charge in [-0.3, -0.25) is 4.55 Å². The first-order chi connectivity index (χ1) is 12.6. The number of hydrogen-bond donors (Lipinski definition) is 2. The molecule has 0 unspecified atom stereocenters. The van der Waals surface area contributed by atoms with E-state index in [1.165, 1.54) is 11.1 Å². The summed E-state index contributed by atoms with van der Waals surface area (Å²) in [6.07, 6.45) is 12.0. The Morgan fingerprint density at radius 3 is 2.63 bits per heavy atom. The summed E-state index contributed by atoms with van der Waals surface area (Å²) in [6.45, 7) is 4.47. The van der Waals surface area contributed by atoms with Crippen molar-refractivity contribution in [1.29, 1.82) is 0 Å². The van der Waals surface area contributed by atoms with E-state index in [0.29, 0.717) is 42.9 Å². The number of rotatable bonds is 2. The minimum absolute atomic E-state index is 0.208. The highest BCUT2D eigenvalue weighted by Gasteiger charge is 2.62. The summed E-state index contributed by atoms with van der Waals surface area (Å²) < 4.78 is 36.0. The van der Waals surface area contributed by atoms with Gasteiger partial charge in [0.25, 0.3) is 0 Å². The Balaban J connectivity index is 1.61. The molecule has 2 fully saturated rings. The molecule has 27 heavy (non-hydrogen) atoms. The molecule has 0 aromatic carbocycles. The normalized spacial score (nSPS) is 47.0. The molecule has 0 saturated heterocycles. The van der Waals surface area contributed by atoms with Crippen molar-refractivity contribution in [2.24, 2.45) is 29.1 Å². The average molecular weight is 395 g/mol. The van der Waals surface area contributed by atoms with Gasteiger partial charge in [-0.25, -0.2) is 4.18 Å². The first-order valence-electron chi connectivity index (χ1n) is 10.1. The van der Waals surface area contributed by atoms with Crippen molar-refractivity contribution in [3.63, 3.8) is 0 Å². The molecule has 2 saturated carbocycles. The summed E-state index contributed by atoms with van der Waals surface area (Å²) in [5.41, 5.74) is 1.63. The molecule has 7 atom stereocenters. The molecule has 0 bridgehead atoms. The summed E-state index contributed by atoms with van der Waals surface area (Å²) in [6, 6.07) is 0. The fourth-order valence-corrected chi connectivity index (χ4v) is 7.60. The van der Waals surface area contributed by atoms with E-state index in [1.807, 2.05) is 0 Å². The zero-order chi connectivity index (χ0) is 19.6. The number of hydrogen-bond acceptors (Lipinski definition) is 4. The van der Waals surface area contributed by atoms with Crippen LogP contribution in [0, 0.1) is 41.4 Å². The first-order valence-corrected chi connectivity index (χ1v) is 11.5. The molecule has 4 aliphatic rings. The topological polar surface area (TPSA) is 83.8 Å². The molecular weight excluding hydrogens is 364 g/mol. The Morgan fingerprint density at radius 1 is 1.22 bits per heavy atom. The van der Waals surface area contributed by atoms with Crippen molar-refractivity contribution in [2.75, 3.05) is 0 Å². The fraction of sp³-hybridized carbons (Fsp3) is 0.810. The van der Waals surface area contributed by atoms with Gasteiger partial charge in [-0.1, -0.05) is 30.9 Å². The summed E-state index contributed by atoms with van der Waals surface area (Å²) in [5, 5.41) is 11.1. The van der Waals surface area contributed by atoms with Gasteiger partial charge < -0.3 is 5.11 Å². The minimum Gasteiger partial charge on any atom is -0.377 e.